The molecule has 140 valence electrons. The molecule has 2 aromatic rings. The van der Waals surface area contributed by atoms with Gasteiger partial charge in [-0.2, -0.15) is 0 Å². The Morgan fingerprint density at radius 3 is 2.77 bits per heavy atom. The minimum Gasteiger partial charge on any atom is -0.491 e. The SMILES string of the molecule is CCOc1ccc([C@H](C)NC(=O)c2ccc(CN3CCCC3)o2)cc1F. The molecule has 0 bridgehead atoms. The van der Waals surface area contributed by atoms with Gasteiger partial charge in [0.05, 0.1) is 19.2 Å². The Bertz CT molecular complexity index is 753. The number of benzene rings is 1. The molecule has 1 N–H and O–H groups in total. The van der Waals surface area contributed by atoms with Gasteiger partial charge in [-0.15, -0.1) is 0 Å². The van der Waals surface area contributed by atoms with E-state index in [9.17, 15) is 9.18 Å². The minimum absolute atomic E-state index is 0.215. The van der Waals surface area contributed by atoms with Gasteiger partial charge in [0.25, 0.3) is 5.91 Å². The predicted molar refractivity (Wildman–Crippen MR) is 96.7 cm³/mol. The number of nitrogens with zero attached hydrogens (tertiary/aromatic N) is 1. The number of ether oxygens (including phenoxy) is 1. The molecular weight excluding hydrogens is 335 g/mol. The van der Waals surface area contributed by atoms with Gasteiger partial charge in [-0.05, 0) is 69.6 Å². The molecule has 0 radical (unpaired) electrons. The lowest BCUT2D eigenvalue weighted by Gasteiger charge is -2.15. The van der Waals surface area contributed by atoms with Crippen molar-refractivity contribution in [1.82, 2.24) is 10.2 Å². The van der Waals surface area contributed by atoms with Crippen molar-refractivity contribution in [3.63, 3.8) is 0 Å². The highest BCUT2D eigenvalue weighted by Gasteiger charge is 2.18. The smallest absolute Gasteiger partial charge is 0.287 e. The fraction of sp³-hybridized carbons (Fsp3) is 0.450. The number of likely N-dealkylation sites (tertiary alicyclic amines) is 1. The molecule has 1 aliphatic rings. The van der Waals surface area contributed by atoms with Crippen molar-refractivity contribution in [2.24, 2.45) is 0 Å². The molecule has 5 nitrogen and oxygen atoms in total. The summed E-state index contributed by atoms with van der Waals surface area (Å²) < 4.78 is 24.9. The maximum atomic E-state index is 14.0. The summed E-state index contributed by atoms with van der Waals surface area (Å²) in [7, 11) is 0. The molecule has 0 spiro atoms. The Balaban J connectivity index is 1.60. The van der Waals surface area contributed by atoms with E-state index in [1.165, 1.54) is 18.9 Å². The molecule has 1 aliphatic heterocycles. The average molecular weight is 360 g/mol. The zero-order valence-corrected chi connectivity index (χ0v) is 15.3. The summed E-state index contributed by atoms with van der Waals surface area (Å²) in [5.74, 6) is 0.539. The average Bonchev–Trinajstić information content (AvgIpc) is 3.29. The molecule has 3 rings (SSSR count). The van der Waals surface area contributed by atoms with Gasteiger partial charge < -0.3 is 14.5 Å². The van der Waals surface area contributed by atoms with Crippen LogP contribution >= 0.6 is 0 Å². The number of halogens is 1. The summed E-state index contributed by atoms with van der Waals surface area (Å²) in [6.07, 6.45) is 2.43. The van der Waals surface area contributed by atoms with E-state index >= 15 is 0 Å². The van der Waals surface area contributed by atoms with Crippen LogP contribution in [0.15, 0.2) is 34.7 Å². The minimum atomic E-state index is -0.434. The first kappa shape index (κ1) is 18.5. The molecule has 0 saturated carbocycles. The summed E-state index contributed by atoms with van der Waals surface area (Å²) >= 11 is 0. The zero-order chi connectivity index (χ0) is 18.5. The number of hydrogen-bond acceptors (Lipinski definition) is 4. The standard InChI is InChI=1S/C20H25FN2O3/c1-3-25-18-8-6-15(12-17(18)21)14(2)22-20(24)19-9-7-16(26-19)13-23-10-4-5-11-23/h6-9,12,14H,3-5,10-11,13H2,1-2H3,(H,22,24)/t14-/m0/s1. The first-order chi connectivity index (χ1) is 12.6. The first-order valence-corrected chi connectivity index (χ1v) is 9.11. The van der Waals surface area contributed by atoms with Crippen molar-refractivity contribution in [3.05, 3.63) is 53.2 Å². The lowest BCUT2D eigenvalue weighted by molar-refractivity contribution is 0.0908. The normalized spacial score (nSPS) is 15.8. The molecule has 0 aliphatic carbocycles. The quantitative estimate of drug-likeness (QED) is 0.813. The Hall–Kier alpha value is -2.34. The van der Waals surface area contributed by atoms with E-state index in [4.69, 9.17) is 9.15 Å². The Labute approximate surface area is 153 Å². The summed E-state index contributed by atoms with van der Waals surface area (Å²) in [5.41, 5.74) is 0.670. The van der Waals surface area contributed by atoms with Crippen LogP contribution in [0, 0.1) is 5.82 Å². The summed E-state index contributed by atoms with van der Waals surface area (Å²) in [6, 6.07) is 7.90. The maximum Gasteiger partial charge on any atom is 0.287 e. The molecule has 0 unspecified atom stereocenters. The van der Waals surface area contributed by atoms with Crippen LogP contribution in [0.1, 0.15) is 54.6 Å². The third kappa shape index (κ3) is 4.43. The largest absolute Gasteiger partial charge is 0.491 e. The molecule has 1 fully saturated rings. The van der Waals surface area contributed by atoms with E-state index in [1.54, 1.807) is 32.0 Å². The molecule has 1 atom stereocenters. The van der Waals surface area contributed by atoms with Crippen molar-refractivity contribution >= 4 is 5.91 Å². The number of rotatable bonds is 7. The fourth-order valence-electron chi connectivity index (χ4n) is 3.16. The van der Waals surface area contributed by atoms with Gasteiger partial charge >= 0.3 is 0 Å². The molecular formula is C20H25FN2O3. The molecule has 6 heteroatoms. The Morgan fingerprint density at radius 2 is 2.08 bits per heavy atom. The predicted octanol–water partition coefficient (Wildman–Crippen LogP) is 3.90. The second kappa shape index (κ2) is 8.36. The Morgan fingerprint density at radius 1 is 1.31 bits per heavy atom. The number of amides is 1. The maximum absolute atomic E-state index is 14.0. The van der Waals surface area contributed by atoms with Crippen LogP contribution in [0.25, 0.3) is 0 Å². The second-order valence-corrected chi connectivity index (χ2v) is 6.57. The van der Waals surface area contributed by atoms with Crippen molar-refractivity contribution < 1.29 is 18.3 Å². The lowest BCUT2D eigenvalue weighted by atomic mass is 10.1. The highest BCUT2D eigenvalue weighted by Crippen LogP contribution is 2.23. The van der Waals surface area contributed by atoms with Gasteiger partial charge in [-0.3, -0.25) is 9.69 Å². The van der Waals surface area contributed by atoms with Gasteiger partial charge in [0.1, 0.15) is 5.76 Å². The van der Waals surface area contributed by atoms with Gasteiger partial charge in [0.15, 0.2) is 17.3 Å². The van der Waals surface area contributed by atoms with Crippen LogP contribution in [0.3, 0.4) is 0 Å². The van der Waals surface area contributed by atoms with E-state index in [0.29, 0.717) is 12.2 Å². The van der Waals surface area contributed by atoms with E-state index in [2.05, 4.69) is 10.2 Å². The number of carbonyl (C=O) groups is 1. The number of carbonyl (C=O) groups excluding carboxylic acids is 1. The Kier molecular flexibility index (Phi) is 5.93. The van der Waals surface area contributed by atoms with Crippen LogP contribution in [0.2, 0.25) is 0 Å². The highest BCUT2D eigenvalue weighted by atomic mass is 19.1. The lowest BCUT2D eigenvalue weighted by Crippen LogP contribution is -2.26. The van der Waals surface area contributed by atoms with E-state index in [1.807, 2.05) is 6.07 Å². The van der Waals surface area contributed by atoms with Crippen molar-refractivity contribution in [1.29, 1.82) is 0 Å². The topological polar surface area (TPSA) is 54.7 Å². The monoisotopic (exact) mass is 360 g/mol. The molecule has 1 saturated heterocycles. The van der Waals surface area contributed by atoms with Crippen LogP contribution in [0.5, 0.6) is 5.75 Å². The molecule has 26 heavy (non-hydrogen) atoms. The number of furan rings is 1. The van der Waals surface area contributed by atoms with Gasteiger partial charge in [-0.1, -0.05) is 6.07 Å². The first-order valence-electron chi connectivity index (χ1n) is 9.11. The van der Waals surface area contributed by atoms with E-state index < -0.39 is 5.82 Å². The highest BCUT2D eigenvalue weighted by molar-refractivity contribution is 5.91. The van der Waals surface area contributed by atoms with Crippen molar-refractivity contribution in [2.45, 2.75) is 39.3 Å². The molecule has 2 heterocycles. The summed E-state index contributed by atoms with van der Waals surface area (Å²) in [4.78, 5) is 14.7. The molecule has 1 aromatic carbocycles. The summed E-state index contributed by atoms with van der Waals surface area (Å²) in [5, 5.41) is 2.84. The fourth-order valence-corrected chi connectivity index (χ4v) is 3.16. The van der Waals surface area contributed by atoms with Crippen LogP contribution < -0.4 is 10.1 Å². The second-order valence-electron chi connectivity index (χ2n) is 6.57. The summed E-state index contributed by atoms with van der Waals surface area (Å²) in [6.45, 7) is 6.89. The van der Waals surface area contributed by atoms with Crippen LogP contribution in [-0.4, -0.2) is 30.5 Å². The molecule has 1 aromatic heterocycles. The van der Waals surface area contributed by atoms with Crippen molar-refractivity contribution in [2.75, 3.05) is 19.7 Å². The third-order valence-electron chi connectivity index (χ3n) is 4.57. The third-order valence-corrected chi connectivity index (χ3v) is 4.57. The van der Waals surface area contributed by atoms with Crippen LogP contribution in [0.4, 0.5) is 4.39 Å². The number of hydrogen-bond donors (Lipinski definition) is 1. The van der Waals surface area contributed by atoms with Crippen LogP contribution in [-0.2, 0) is 6.54 Å². The molecule has 1 amide bonds. The zero-order valence-electron chi connectivity index (χ0n) is 15.3. The van der Waals surface area contributed by atoms with E-state index in [-0.39, 0.29) is 23.5 Å². The van der Waals surface area contributed by atoms with E-state index in [0.717, 1.165) is 25.4 Å². The van der Waals surface area contributed by atoms with Gasteiger partial charge in [-0.25, -0.2) is 4.39 Å². The van der Waals surface area contributed by atoms with Gasteiger partial charge in [0, 0.05) is 0 Å². The number of nitrogens with one attached hydrogen (secondary N) is 1. The van der Waals surface area contributed by atoms with Gasteiger partial charge in [0.2, 0.25) is 0 Å². The van der Waals surface area contributed by atoms with Crippen molar-refractivity contribution in [3.8, 4) is 5.75 Å².